The van der Waals surface area contributed by atoms with Crippen LogP contribution in [-0.4, -0.2) is 51.4 Å². The number of nitrogens with one attached hydrogen (secondary N) is 2. The highest BCUT2D eigenvalue weighted by Crippen LogP contribution is 2.30. The van der Waals surface area contributed by atoms with E-state index in [0.29, 0.717) is 40.6 Å². The van der Waals surface area contributed by atoms with Crippen LogP contribution in [0.15, 0.2) is 18.2 Å². The molecule has 0 radical (unpaired) electrons. The van der Waals surface area contributed by atoms with Gasteiger partial charge in [-0.05, 0) is 31.5 Å². The molecule has 0 bridgehead atoms. The number of benzene rings is 1. The molecule has 8 nitrogen and oxygen atoms in total. The summed E-state index contributed by atoms with van der Waals surface area (Å²) in [5.74, 6) is 0.159. The number of ether oxygens (including phenoxy) is 4. The van der Waals surface area contributed by atoms with Crippen LogP contribution in [0.1, 0.15) is 32.1 Å². The predicted molar refractivity (Wildman–Crippen MR) is 99.9 cm³/mol. The summed E-state index contributed by atoms with van der Waals surface area (Å²) in [4.78, 5) is 28.0. The molecule has 1 aromatic heterocycles. The Balaban J connectivity index is 2.25. The first-order valence-corrected chi connectivity index (χ1v) is 8.31. The van der Waals surface area contributed by atoms with Crippen molar-refractivity contribution in [2.75, 3.05) is 39.9 Å². The van der Waals surface area contributed by atoms with E-state index in [0.717, 1.165) is 0 Å². The van der Waals surface area contributed by atoms with Crippen LogP contribution in [0.4, 0.5) is 5.69 Å². The van der Waals surface area contributed by atoms with Crippen LogP contribution < -0.4 is 14.8 Å². The first-order valence-electron chi connectivity index (χ1n) is 8.31. The SMILES string of the molecule is COCCOC(=O)c1c(C)[nH]c(C(=O)Nc2cc(OC)ccc2OC)c1C. The maximum Gasteiger partial charge on any atom is 0.340 e. The van der Waals surface area contributed by atoms with Gasteiger partial charge in [0.05, 0.1) is 32.1 Å². The quantitative estimate of drug-likeness (QED) is 0.543. The highest BCUT2D eigenvalue weighted by atomic mass is 16.6. The van der Waals surface area contributed by atoms with Crippen LogP contribution in [0.5, 0.6) is 11.5 Å². The Morgan fingerprint density at radius 3 is 2.44 bits per heavy atom. The summed E-state index contributed by atoms with van der Waals surface area (Å²) < 4.78 is 20.5. The molecule has 0 spiro atoms. The maximum atomic E-state index is 12.7. The smallest absolute Gasteiger partial charge is 0.340 e. The number of esters is 1. The minimum absolute atomic E-state index is 0.141. The Morgan fingerprint density at radius 1 is 1.07 bits per heavy atom. The number of carbonyl (C=O) groups excluding carboxylic acids is 2. The normalized spacial score (nSPS) is 10.4. The third-order valence-corrected chi connectivity index (χ3v) is 4.04. The fraction of sp³-hybridized carbons (Fsp3) is 0.368. The van der Waals surface area contributed by atoms with E-state index in [9.17, 15) is 9.59 Å². The number of aryl methyl sites for hydroxylation is 1. The number of carbonyl (C=O) groups is 2. The van der Waals surface area contributed by atoms with Gasteiger partial charge in [-0.15, -0.1) is 0 Å². The van der Waals surface area contributed by atoms with Crippen LogP contribution in [0, 0.1) is 13.8 Å². The summed E-state index contributed by atoms with van der Waals surface area (Å²) in [6.45, 7) is 3.84. The van der Waals surface area contributed by atoms with Gasteiger partial charge < -0.3 is 29.2 Å². The van der Waals surface area contributed by atoms with E-state index in [4.69, 9.17) is 18.9 Å². The average molecular weight is 376 g/mol. The second-order valence-electron chi connectivity index (χ2n) is 5.77. The van der Waals surface area contributed by atoms with Crippen LogP contribution in [0.2, 0.25) is 0 Å². The Morgan fingerprint density at radius 2 is 1.81 bits per heavy atom. The van der Waals surface area contributed by atoms with Crippen LogP contribution in [0.3, 0.4) is 0 Å². The van der Waals surface area contributed by atoms with Crippen molar-refractivity contribution >= 4 is 17.6 Å². The number of hydrogen-bond donors (Lipinski definition) is 2. The monoisotopic (exact) mass is 376 g/mol. The van der Waals surface area contributed by atoms with Gasteiger partial charge >= 0.3 is 5.97 Å². The molecule has 0 unspecified atom stereocenters. The fourth-order valence-electron chi connectivity index (χ4n) is 2.67. The second-order valence-corrected chi connectivity index (χ2v) is 5.77. The average Bonchev–Trinajstić information content (AvgIpc) is 2.96. The van der Waals surface area contributed by atoms with E-state index in [2.05, 4.69) is 10.3 Å². The van der Waals surface area contributed by atoms with Crippen molar-refractivity contribution in [2.45, 2.75) is 13.8 Å². The third-order valence-electron chi connectivity index (χ3n) is 4.04. The molecule has 0 aliphatic carbocycles. The van der Waals surface area contributed by atoms with Crippen molar-refractivity contribution in [3.8, 4) is 11.5 Å². The molecule has 0 atom stereocenters. The summed E-state index contributed by atoms with van der Waals surface area (Å²) in [5, 5.41) is 2.78. The summed E-state index contributed by atoms with van der Waals surface area (Å²) in [6, 6.07) is 5.08. The number of hydrogen-bond acceptors (Lipinski definition) is 6. The molecule has 146 valence electrons. The molecule has 0 aliphatic heterocycles. The largest absolute Gasteiger partial charge is 0.497 e. The molecular formula is C19H24N2O6. The van der Waals surface area contributed by atoms with Gasteiger partial charge in [-0.25, -0.2) is 4.79 Å². The predicted octanol–water partition coefficient (Wildman–Crippen LogP) is 2.70. The molecule has 2 N–H and O–H groups in total. The van der Waals surface area contributed by atoms with Gasteiger partial charge in [0.1, 0.15) is 23.8 Å². The Kier molecular flexibility index (Phi) is 6.84. The lowest BCUT2D eigenvalue weighted by Crippen LogP contribution is -2.15. The number of H-pyrrole nitrogens is 1. The van der Waals surface area contributed by atoms with Gasteiger partial charge in [-0.2, -0.15) is 0 Å². The topological polar surface area (TPSA) is 98.9 Å². The Labute approximate surface area is 157 Å². The highest BCUT2D eigenvalue weighted by molar-refractivity contribution is 6.07. The van der Waals surface area contributed by atoms with Gasteiger partial charge in [0.2, 0.25) is 0 Å². The molecule has 1 heterocycles. The number of aromatic amines is 1. The Bertz CT molecular complexity index is 828. The van der Waals surface area contributed by atoms with E-state index >= 15 is 0 Å². The molecule has 27 heavy (non-hydrogen) atoms. The van der Waals surface area contributed by atoms with Crippen molar-refractivity contribution in [3.63, 3.8) is 0 Å². The van der Waals surface area contributed by atoms with E-state index in [1.54, 1.807) is 32.0 Å². The summed E-state index contributed by atoms with van der Waals surface area (Å²) in [7, 11) is 4.57. The zero-order valence-corrected chi connectivity index (χ0v) is 16.1. The lowest BCUT2D eigenvalue weighted by atomic mass is 10.1. The van der Waals surface area contributed by atoms with Crippen molar-refractivity contribution in [1.82, 2.24) is 4.98 Å². The molecule has 1 aromatic carbocycles. The van der Waals surface area contributed by atoms with Gasteiger partial charge in [-0.1, -0.05) is 0 Å². The molecule has 8 heteroatoms. The van der Waals surface area contributed by atoms with Gasteiger partial charge in [0, 0.05) is 18.9 Å². The lowest BCUT2D eigenvalue weighted by molar-refractivity contribution is 0.0387. The van der Waals surface area contributed by atoms with Crippen LogP contribution >= 0.6 is 0 Å². The minimum atomic E-state index is -0.503. The van der Waals surface area contributed by atoms with Crippen molar-refractivity contribution in [3.05, 3.63) is 40.7 Å². The first kappa shape index (κ1) is 20.3. The second kappa shape index (κ2) is 9.09. The molecule has 2 aromatic rings. The molecule has 0 aliphatic rings. The van der Waals surface area contributed by atoms with Crippen LogP contribution in [-0.2, 0) is 9.47 Å². The molecule has 1 amide bonds. The standard InChI is InChI=1S/C19H24N2O6/c1-11-16(19(23)27-9-8-24-3)12(2)20-17(11)18(22)21-14-10-13(25-4)6-7-15(14)26-5/h6-7,10,20H,8-9H2,1-5H3,(H,21,22). The first-order chi connectivity index (χ1) is 12.9. The number of anilines is 1. The number of rotatable bonds is 8. The summed E-state index contributed by atoms with van der Waals surface area (Å²) in [6.07, 6.45) is 0. The van der Waals surface area contributed by atoms with Crippen molar-refractivity contribution in [2.24, 2.45) is 0 Å². The van der Waals surface area contributed by atoms with E-state index in [1.165, 1.54) is 21.3 Å². The van der Waals surface area contributed by atoms with E-state index in [-0.39, 0.29) is 12.3 Å². The molecule has 0 fully saturated rings. The Hall–Kier alpha value is -3.00. The zero-order chi connectivity index (χ0) is 20.0. The summed E-state index contributed by atoms with van der Waals surface area (Å²) >= 11 is 0. The summed E-state index contributed by atoms with van der Waals surface area (Å²) in [5.41, 5.74) is 2.13. The lowest BCUT2D eigenvalue weighted by Gasteiger charge is -2.11. The van der Waals surface area contributed by atoms with Gasteiger partial charge in [0.25, 0.3) is 5.91 Å². The van der Waals surface area contributed by atoms with Crippen molar-refractivity contribution in [1.29, 1.82) is 0 Å². The van der Waals surface area contributed by atoms with E-state index < -0.39 is 11.9 Å². The molecule has 0 saturated carbocycles. The number of amides is 1. The molecule has 0 saturated heterocycles. The molecular weight excluding hydrogens is 352 g/mol. The minimum Gasteiger partial charge on any atom is -0.497 e. The van der Waals surface area contributed by atoms with Crippen LogP contribution in [0.25, 0.3) is 0 Å². The third kappa shape index (κ3) is 4.59. The van der Waals surface area contributed by atoms with Gasteiger partial charge in [-0.3, -0.25) is 4.79 Å². The van der Waals surface area contributed by atoms with Crippen molar-refractivity contribution < 1.29 is 28.5 Å². The zero-order valence-electron chi connectivity index (χ0n) is 16.1. The molecule has 2 rings (SSSR count). The number of methoxy groups -OCH3 is 3. The van der Waals surface area contributed by atoms with Gasteiger partial charge in [0.15, 0.2) is 0 Å². The van der Waals surface area contributed by atoms with E-state index in [1.807, 2.05) is 0 Å². The fourth-order valence-corrected chi connectivity index (χ4v) is 2.67. The number of aromatic nitrogens is 1. The highest BCUT2D eigenvalue weighted by Gasteiger charge is 2.23. The maximum absolute atomic E-state index is 12.7.